The molecule has 6 heteroatoms. The zero-order chi connectivity index (χ0) is 12.7. The average molecular weight is 276 g/mol. The molecule has 0 aliphatic heterocycles. The average Bonchev–Trinajstić information content (AvgIpc) is 2.26. The van der Waals surface area contributed by atoms with Crippen molar-refractivity contribution in [2.45, 2.75) is 0 Å². The molecule has 1 unspecified atom stereocenters. The predicted molar refractivity (Wildman–Crippen MR) is 68.9 cm³/mol. The van der Waals surface area contributed by atoms with Gasteiger partial charge in [-0.1, -0.05) is 17.7 Å². The van der Waals surface area contributed by atoms with Crippen LogP contribution in [0.2, 0.25) is 5.02 Å². The van der Waals surface area contributed by atoms with Crippen molar-refractivity contribution in [3.05, 3.63) is 29.3 Å². The number of halogens is 1. The highest BCUT2D eigenvalue weighted by Crippen LogP contribution is 2.16. The molecule has 0 aliphatic rings. The van der Waals surface area contributed by atoms with Crippen LogP contribution in [-0.4, -0.2) is 35.3 Å². The molecule has 0 fully saturated rings. The lowest BCUT2D eigenvalue weighted by atomic mass is 10.3. The molecule has 0 aromatic heterocycles. The molecule has 1 N–H and O–H groups in total. The third-order valence-corrected chi connectivity index (χ3v) is 2.89. The lowest BCUT2D eigenvalue weighted by Crippen LogP contribution is -2.31. The second-order valence-corrected chi connectivity index (χ2v) is 5.36. The molecule has 0 saturated heterocycles. The van der Waals surface area contributed by atoms with Gasteiger partial charge in [0.2, 0.25) is 0 Å². The Labute approximate surface area is 108 Å². The van der Waals surface area contributed by atoms with Gasteiger partial charge in [0.05, 0.1) is 0 Å². The van der Waals surface area contributed by atoms with Crippen molar-refractivity contribution >= 4 is 28.3 Å². The summed E-state index contributed by atoms with van der Waals surface area (Å²) in [5.74, 6) is 0.755. The minimum absolute atomic E-state index is 0.0727. The van der Waals surface area contributed by atoms with Gasteiger partial charge in [-0.15, -0.1) is 0 Å². The van der Waals surface area contributed by atoms with Crippen LogP contribution in [0.5, 0.6) is 5.75 Å². The van der Waals surface area contributed by atoms with Crippen LogP contribution in [0.3, 0.4) is 0 Å². The molecular formula is C11H14ClNO3S. The molecule has 1 atom stereocenters. The van der Waals surface area contributed by atoms with E-state index in [0.717, 1.165) is 0 Å². The van der Waals surface area contributed by atoms with Crippen LogP contribution in [0.4, 0.5) is 0 Å². The van der Waals surface area contributed by atoms with Crippen LogP contribution in [0, 0.1) is 0 Å². The predicted octanol–water partition coefficient (Wildman–Crippen LogP) is 1.21. The summed E-state index contributed by atoms with van der Waals surface area (Å²) in [6.07, 6.45) is 1.59. The third kappa shape index (κ3) is 6.28. The van der Waals surface area contributed by atoms with Crippen molar-refractivity contribution in [1.82, 2.24) is 5.32 Å². The van der Waals surface area contributed by atoms with Crippen LogP contribution in [0.1, 0.15) is 0 Å². The van der Waals surface area contributed by atoms with Crippen LogP contribution >= 0.6 is 11.6 Å². The second-order valence-electron chi connectivity index (χ2n) is 3.37. The molecule has 1 aromatic carbocycles. The fraction of sp³-hybridized carbons (Fsp3) is 0.364. The highest BCUT2D eigenvalue weighted by molar-refractivity contribution is 7.84. The first kappa shape index (κ1) is 14.0. The molecule has 17 heavy (non-hydrogen) atoms. The molecule has 0 heterocycles. The van der Waals surface area contributed by atoms with Crippen molar-refractivity contribution in [3.8, 4) is 5.75 Å². The topological polar surface area (TPSA) is 55.4 Å². The van der Waals surface area contributed by atoms with E-state index in [9.17, 15) is 9.00 Å². The summed E-state index contributed by atoms with van der Waals surface area (Å²) in [6.45, 7) is 0.317. The normalized spacial score (nSPS) is 11.9. The van der Waals surface area contributed by atoms with Crippen molar-refractivity contribution in [1.29, 1.82) is 0 Å². The molecule has 0 spiro atoms. The van der Waals surface area contributed by atoms with Crippen molar-refractivity contribution < 1.29 is 13.7 Å². The molecule has 0 radical (unpaired) electrons. The number of hydrogen-bond donors (Lipinski definition) is 1. The molecule has 0 bridgehead atoms. The van der Waals surface area contributed by atoms with Gasteiger partial charge in [-0.05, 0) is 18.2 Å². The number of amides is 1. The zero-order valence-electron chi connectivity index (χ0n) is 9.44. The van der Waals surface area contributed by atoms with Gasteiger partial charge >= 0.3 is 0 Å². The fourth-order valence-corrected chi connectivity index (χ4v) is 1.66. The SMILES string of the molecule is CS(=O)CCNC(=O)COc1cccc(Cl)c1. The van der Waals surface area contributed by atoms with Gasteiger partial charge in [0.25, 0.3) is 5.91 Å². The molecule has 94 valence electrons. The number of hydrogen-bond acceptors (Lipinski definition) is 3. The van der Waals surface area contributed by atoms with Crippen molar-refractivity contribution in [2.75, 3.05) is 25.2 Å². The van der Waals surface area contributed by atoms with E-state index in [4.69, 9.17) is 16.3 Å². The van der Waals surface area contributed by atoms with E-state index in [1.165, 1.54) is 0 Å². The van der Waals surface area contributed by atoms with Gasteiger partial charge in [-0.25, -0.2) is 0 Å². The van der Waals surface area contributed by atoms with Gasteiger partial charge in [-0.2, -0.15) is 0 Å². The summed E-state index contributed by atoms with van der Waals surface area (Å²) in [5, 5.41) is 3.17. The second kappa shape index (κ2) is 7.29. The maximum Gasteiger partial charge on any atom is 0.257 e. The molecule has 0 aliphatic carbocycles. The van der Waals surface area contributed by atoms with Crippen LogP contribution in [0.15, 0.2) is 24.3 Å². The number of nitrogens with one attached hydrogen (secondary N) is 1. The van der Waals surface area contributed by atoms with Crippen LogP contribution in [-0.2, 0) is 15.6 Å². The number of carbonyl (C=O) groups is 1. The van der Waals surface area contributed by atoms with E-state index in [-0.39, 0.29) is 12.5 Å². The van der Waals surface area contributed by atoms with Crippen LogP contribution < -0.4 is 10.1 Å². The standard InChI is InChI=1S/C11H14ClNO3S/c1-17(15)6-5-13-11(14)8-16-10-4-2-3-9(12)7-10/h2-4,7H,5-6,8H2,1H3,(H,13,14). The smallest absolute Gasteiger partial charge is 0.257 e. The number of carbonyl (C=O) groups excluding carboxylic acids is 1. The summed E-state index contributed by atoms with van der Waals surface area (Å²) < 4.78 is 16.0. The Kier molecular flexibility index (Phi) is 6.00. The molecule has 1 aromatic rings. The Bertz CT molecular complexity index is 411. The maximum atomic E-state index is 11.3. The molecule has 1 amide bonds. The maximum absolute atomic E-state index is 11.3. The first-order valence-electron chi connectivity index (χ1n) is 5.03. The van der Waals surface area contributed by atoms with Crippen LogP contribution in [0.25, 0.3) is 0 Å². The summed E-state index contributed by atoms with van der Waals surface area (Å²) in [4.78, 5) is 11.3. The zero-order valence-corrected chi connectivity index (χ0v) is 11.0. The Balaban J connectivity index is 2.26. The van der Waals surface area contributed by atoms with Gasteiger partial charge in [0.1, 0.15) is 5.75 Å². The molecule has 0 saturated carbocycles. The fourth-order valence-electron chi connectivity index (χ4n) is 1.09. The van der Waals surface area contributed by atoms with E-state index in [1.54, 1.807) is 30.5 Å². The Morgan fingerprint density at radius 3 is 2.94 bits per heavy atom. The number of benzene rings is 1. The van der Waals surface area contributed by atoms with Crippen molar-refractivity contribution in [2.24, 2.45) is 0 Å². The van der Waals surface area contributed by atoms with E-state index in [0.29, 0.717) is 23.1 Å². The summed E-state index contributed by atoms with van der Waals surface area (Å²) in [6, 6.07) is 6.83. The minimum Gasteiger partial charge on any atom is -0.484 e. The Morgan fingerprint density at radius 2 is 2.29 bits per heavy atom. The number of rotatable bonds is 6. The first-order valence-corrected chi connectivity index (χ1v) is 7.13. The Morgan fingerprint density at radius 1 is 1.53 bits per heavy atom. The highest BCUT2D eigenvalue weighted by Gasteiger charge is 2.02. The minimum atomic E-state index is -0.898. The molecule has 1 rings (SSSR count). The van der Waals surface area contributed by atoms with E-state index < -0.39 is 10.8 Å². The summed E-state index contributed by atoms with van der Waals surface area (Å²) in [7, 11) is -0.898. The van der Waals surface area contributed by atoms with Gasteiger partial charge in [-0.3, -0.25) is 9.00 Å². The van der Waals surface area contributed by atoms with Gasteiger partial charge in [0.15, 0.2) is 6.61 Å². The van der Waals surface area contributed by atoms with E-state index in [1.807, 2.05) is 0 Å². The van der Waals surface area contributed by atoms with Gasteiger partial charge < -0.3 is 10.1 Å². The summed E-state index contributed by atoms with van der Waals surface area (Å²) in [5.41, 5.74) is 0. The Hall–Kier alpha value is -1.07. The monoisotopic (exact) mass is 275 g/mol. The quantitative estimate of drug-likeness (QED) is 0.849. The first-order chi connectivity index (χ1) is 8.08. The number of ether oxygens (including phenoxy) is 1. The van der Waals surface area contributed by atoms with Crippen molar-refractivity contribution in [3.63, 3.8) is 0 Å². The third-order valence-electron chi connectivity index (χ3n) is 1.88. The highest BCUT2D eigenvalue weighted by atomic mass is 35.5. The van der Waals surface area contributed by atoms with E-state index >= 15 is 0 Å². The summed E-state index contributed by atoms with van der Waals surface area (Å²) >= 11 is 5.76. The lowest BCUT2D eigenvalue weighted by Gasteiger charge is -2.06. The van der Waals surface area contributed by atoms with E-state index in [2.05, 4.69) is 5.32 Å². The lowest BCUT2D eigenvalue weighted by molar-refractivity contribution is -0.122. The van der Waals surface area contributed by atoms with Gasteiger partial charge in [0, 0.05) is 34.4 Å². The largest absolute Gasteiger partial charge is 0.484 e. The molecular weight excluding hydrogens is 262 g/mol. The molecule has 4 nitrogen and oxygen atoms in total.